The number of piperidine rings is 1. The normalized spacial score (nSPS) is 14.2. The molecule has 1 fully saturated rings. The Hall–Kier alpha value is -3.38. The molecule has 2 aromatic rings. The van der Waals surface area contributed by atoms with Gasteiger partial charge in [0.15, 0.2) is 0 Å². The van der Waals surface area contributed by atoms with Crippen molar-refractivity contribution in [2.45, 2.75) is 39.2 Å². The predicted molar refractivity (Wildman–Crippen MR) is 100 cm³/mol. The first-order chi connectivity index (χ1) is 14.2. The highest BCUT2D eigenvalue weighted by Gasteiger charge is 2.31. The van der Waals surface area contributed by atoms with E-state index in [4.69, 9.17) is 0 Å². The summed E-state index contributed by atoms with van der Waals surface area (Å²) in [5.41, 5.74) is -1.61. The van der Waals surface area contributed by atoms with E-state index in [0.29, 0.717) is 13.1 Å². The van der Waals surface area contributed by atoms with E-state index in [0.717, 1.165) is 23.9 Å². The number of alkyl halides is 2. The summed E-state index contributed by atoms with van der Waals surface area (Å²) < 4.78 is 28.3. The molecule has 162 valence electrons. The van der Waals surface area contributed by atoms with Gasteiger partial charge < -0.3 is 10.2 Å². The molecule has 1 N–H and O–H groups in total. The van der Waals surface area contributed by atoms with Crippen LogP contribution in [0.25, 0.3) is 0 Å². The molecule has 0 aliphatic carbocycles. The third-order valence-electron chi connectivity index (χ3n) is 4.94. The monoisotopic (exact) mass is 425 g/mol. The van der Waals surface area contributed by atoms with Crippen molar-refractivity contribution in [1.29, 1.82) is 0 Å². The highest BCUT2D eigenvalue weighted by Crippen LogP contribution is 2.30. The smallest absolute Gasteiger partial charge is 0.319 e. The number of hydrogen-bond donors (Lipinski definition) is 1. The van der Waals surface area contributed by atoms with E-state index in [9.17, 15) is 28.5 Å². The van der Waals surface area contributed by atoms with Crippen molar-refractivity contribution in [2.24, 2.45) is 7.05 Å². The van der Waals surface area contributed by atoms with Gasteiger partial charge in [0, 0.05) is 20.1 Å². The van der Waals surface area contributed by atoms with Crippen LogP contribution in [-0.4, -0.2) is 54.3 Å². The van der Waals surface area contributed by atoms with Crippen LogP contribution in [0, 0.1) is 17.0 Å². The first-order valence-corrected chi connectivity index (χ1v) is 9.31. The lowest BCUT2D eigenvalue weighted by Crippen LogP contribution is -2.37. The number of aryl methyl sites for hydroxylation is 1. The molecule has 0 aromatic carbocycles. The van der Waals surface area contributed by atoms with Crippen LogP contribution in [0.15, 0.2) is 6.20 Å². The fraction of sp³-hybridized carbons (Fsp3) is 0.529. The minimum atomic E-state index is -3.15. The number of carbonyl (C=O) groups is 2. The number of rotatable bonds is 6. The molecule has 2 aromatic heterocycles. The molecule has 1 aliphatic rings. The van der Waals surface area contributed by atoms with Gasteiger partial charge in [-0.1, -0.05) is 0 Å². The van der Waals surface area contributed by atoms with Gasteiger partial charge in [0.25, 0.3) is 12.3 Å². The zero-order valence-electron chi connectivity index (χ0n) is 16.5. The molecule has 0 radical (unpaired) electrons. The Balaban J connectivity index is 1.79. The van der Waals surface area contributed by atoms with Crippen molar-refractivity contribution < 1.29 is 23.3 Å². The lowest BCUT2D eigenvalue weighted by atomic mass is 10.1. The fourth-order valence-electron chi connectivity index (χ4n) is 3.44. The van der Waals surface area contributed by atoms with Crippen molar-refractivity contribution >= 4 is 23.2 Å². The lowest BCUT2D eigenvalue weighted by Gasteiger charge is -2.27. The summed E-state index contributed by atoms with van der Waals surface area (Å²) in [7, 11) is 1.57. The minimum absolute atomic E-state index is 0.166. The molecule has 0 atom stereocenters. The summed E-state index contributed by atoms with van der Waals surface area (Å²) in [6.45, 7) is 1.93. The summed E-state index contributed by atoms with van der Waals surface area (Å²) in [6.07, 6.45) is 1.01. The zero-order valence-corrected chi connectivity index (χ0v) is 16.5. The largest absolute Gasteiger partial charge is 0.337 e. The first-order valence-electron chi connectivity index (χ1n) is 9.31. The van der Waals surface area contributed by atoms with Crippen LogP contribution in [0.3, 0.4) is 0 Å². The van der Waals surface area contributed by atoms with E-state index in [2.05, 4.69) is 15.5 Å². The summed E-state index contributed by atoms with van der Waals surface area (Å²) >= 11 is 0. The predicted octanol–water partition coefficient (Wildman–Crippen LogP) is 2.04. The molecular weight excluding hydrogens is 404 g/mol. The number of nitrogens with zero attached hydrogens (tertiary/aromatic N) is 6. The second kappa shape index (κ2) is 8.55. The Morgan fingerprint density at radius 2 is 1.97 bits per heavy atom. The number of carbonyl (C=O) groups excluding carboxylic acids is 2. The van der Waals surface area contributed by atoms with E-state index in [1.807, 2.05) is 0 Å². The van der Waals surface area contributed by atoms with E-state index in [-0.39, 0.29) is 23.0 Å². The number of hydrogen-bond acceptors (Lipinski definition) is 6. The van der Waals surface area contributed by atoms with Gasteiger partial charge in [0.2, 0.25) is 11.6 Å². The first kappa shape index (κ1) is 21.3. The van der Waals surface area contributed by atoms with Crippen LogP contribution in [0.1, 0.15) is 47.6 Å². The third kappa shape index (κ3) is 4.14. The van der Waals surface area contributed by atoms with Gasteiger partial charge in [-0.25, -0.2) is 8.78 Å². The van der Waals surface area contributed by atoms with Crippen LogP contribution in [0.4, 0.5) is 20.2 Å². The maximum atomic E-state index is 13.1. The SMILES string of the molecule is Cc1c([N+](=O)[O-])c(C(F)F)nn1CC(=O)Nc1cnn(C)c1C(=O)N1CCCCC1. The number of nitrogens with one attached hydrogen (secondary N) is 1. The van der Waals surface area contributed by atoms with Gasteiger partial charge in [-0.05, 0) is 26.2 Å². The molecular formula is C17H21F2N7O4. The summed E-state index contributed by atoms with van der Waals surface area (Å²) in [4.78, 5) is 37.1. The van der Waals surface area contributed by atoms with Crippen LogP contribution in [0.2, 0.25) is 0 Å². The van der Waals surface area contributed by atoms with Gasteiger partial charge in [-0.15, -0.1) is 0 Å². The topological polar surface area (TPSA) is 128 Å². The lowest BCUT2D eigenvalue weighted by molar-refractivity contribution is -0.386. The highest BCUT2D eigenvalue weighted by molar-refractivity contribution is 6.02. The van der Waals surface area contributed by atoms with Gasteiger partial charge in [0.05, 0.1) is 16.8 Å². The molecule has 1 saturated heterocycles. The Morgan fingerprint density at radius 1 is 1.30 bits per heavy atom. The molecule has 0 saturated carbocycles. The highest BCUT2D eigenvalue weighted by atomic mass is 19.3. The van der Waals surface area contributed by atoms with Crippen molar-refractivity contribution in [3.8, 4) is 0 Å². The van der Waals surface area contributed by atoms with Gasteiger partial charge in [-0.2, -0.15) is 10.2 Å². The van der Waals surface area contributed by atoms with Crippen molar-refractivity contribution in [2.75, 3.05) is 18.4 Å². The average Bonchev–Trinajstić information content (AvgIpc) is 3.22. The van der Waals surface area contributed by atoms with Crippen LogP contribution >= 0.6 is 0 Å². The summed E-state index contributed by atoms with van der Waals surface area (Å²) in [5, 5.41) is 21.1. The molecule has 3 rings (SSSR count). The molecule has 1 aliphatic heterocycles. The van der Waals surface area contributed by atoms with Crippen LogP contribution in [-0.2, 0) is 18.4 Å². The van der Waals surface area contributed by atoms with E-state index in [1.54, 1.807) is 11.9 Å². The Labute approximate surface area is 169 Å². The quantitative estimate of drug-likeness (QED) is 0.557. The number of nitro groups is 1. The zero-order chi connectivity index (χ0) is 22.0. The third-order valence-corrected chi connectivity index (χ3v) is 4.94. The number of halogens is 2. The molecule has 0 bridgehead atoms. The van der Waals surface area contributed by atoms with Gasteiger partial charge in [0.1, 0.15) is 17.9 Å². The van der Waals surface area contributed by atoms with Crippen molar-refractivity contribution in [3.63, 3.8) is 0 Å². The Morgan fingerprint density at radius 3 is 2.53 bits per heavy atom. The summed E-state index contributed by atoms with van der Waals surface area (Å²) in [6, 6.07) is 0. The molecule has 2 amide bonds. The minimum Gasteiger partial charge on any atom is -0.337 e. The maximum absolute atomic E-state index is 13.1. The number of aromatic nitrogens is 4. The number of anilines is 1. The Bertz CT molecular complexity index is 979. The van der Waals surface area contributed by atoms with Gasteiger partial charge >= 0.3 is 5.69 Å². The van der Waals surface area contributed by atoms with Crippen molar-refractivity contribution in [3.05, 3.63) is 33.4 Å². The second-order valence-electron chi connectivity index (χ2n) is 6.97. The molecule has 30 heavy (non-hydrogen) atoms. The molecule has 13 heteroatoms. The van der Waals surface area contributed by atoms with E-state index in [1.165, 1.54) is 17.8 Å². The summed E-state index contributed by atoms with van der Waals surface area (Å²) in [5.74, 6) is -0.951. The number of amides is 2. The molecule has 11 nitrogen and oxygen atoms in total. The molecule has 0 unspecified atom stereocenters. The molecule has 0 spiro atoms. The van der Waals surface area contributed by atoms with Crippen LogP contribution < -0.4 is 5.32 Å². The van der Waals surface area contributed by atoms with E-state index >= 15 is 0 Å². The second-order valence-corrected chi connectivity index (χ2v) is 6.97. The average molecular weight is 425 g/mol. The Kier molecular flexibility index (Phi) is 6.08. The standard InChI is InChI=1S/C17H21F2N7O4/c1-10-14(26(29)30)13(16(18)19)22-25(10)9-12(27)21-11-8-20-23(2)15(11)17(28)24-6-4-3-5-7-24/h8,16H,3-7,9H2,1-2H3,(H,21,27). The van der Waals surface area contributed by atoms with Crippen molar-refractivity contribution in [1.82, 2.24) is 24.5 Å². The van der Waals surface area contributed by atoms with Gasteiger partial charge in [-0.3, -0.25) is 29.1 Å². The number of likely N-dealkylation sites (tertiary alicyclic amines) is 1. The molecule has 3 heterocycles. The van der Waals surface area contributed by atoms with E-state index < -0.39 is 35.2 Å². The fourth-order valence-corrected chi connectivity index (χ4v) is 3.44. The maximum Gasteiger partial charge on any atom is 0.319 e. The van der Waals surface area contributed by atoms with Crippen LogP contribution in [0.5, 0.6) is 0 Å².